The lowest BCUT2D eigenvalue weighted by Gasteiger charge is -2.36. The van der Waals surface area contributed by atoms with E-state index in [0.717, 1.165) is 6.42 Å². The van der Waals surface area contributed by atoms with E-state index < -0.39 is 0 Å². The van der Waals surface area contributed by atoms with Crippen LogP contribution in [0.15, 0.2) is 78.9 Å². The average molecular weight is 354 g/mol. The van der Waals surface area contributed by atoms with Gasteiger partial charge in [-0.1, -0.05) is 78.4 Å². The van der Waals surface area contributed by atoms with Gasteiger partial charge >= 0.3 is 0 Å². The number of para-hydroxylation sites is 1. The molecule has 2 nitrogen and oxygen atoms in total. The largest absolute Gasteiger partial charge is 0.357 e. The molecule has 2 aliphatic rings. The minimum atomic E-state index is -0.00565. The quantitative estimate of drug-likeness (QED) is 0.629. The Morgan fingerprint density at radius 1 is 0.815 bits per heavy atom. The molecule has 0 spiro atoms. The van der Waals surface area contributed by atoms with Crippen molar-refractivity contribution >= 4 is 5.69 Å². The van der Waals surface area contributed by atoms with Crippen LogP contribution in [0.25, 0.3) is 0 Å². The van der Waals surface area contributed by atoms with Crippen LogP contribution >= 0.6 is 0 Å². The highest BCUT2D eigenvalue weighted by Crippen LogP contribution is 2.59. The first-order chi connectivity index (χ1) is 13.1. The number of anilines is 1. The smallest absolute Gasteiger partial charge is 0.0961 e. The van der Waals surface area contributed by atoms with Crippen LogP contribution in [0, 0.1) is 6.92 Å². The molecule has 3 aromatic carbocycles. The van der Waals surface area contributed by atoms with Gasteiger partial charge in [-0.3, -0.25) is 4.90 Å². The van der Waals surface area contributed by atoms with Gasteiger partial charge in [-0.15, -0.1) is 0 Å². The molecule has 0 aliphatic carbocycles. The Hall–Kier alpha value is -2.58. The summed E-state index contributed by atoms with van der Waals surface area (Å²) in [6.07, 6.45) is 1.42. The molecule has 3 atom stereocenters. The molecule has 2 heteroatoms. The highest BCUT2D eigenvalue weighted by Gasteiger charge is 2.59. The van der Waals surface area contributed by atoms with E-state index >= 15 is 0 Å². The Kier molecular flexibility index (Phi) is 3.66. The SMILES string of the molecule is Cc1ccc([C@]23C[C@@H](c4ccccc4)N(C)[C@@H]2N(C)c2ccccc23)cc1. The Balaban J connectivity index is 1.73. The third-order valence-electron chi connectivity index (χ3n) is 6.72. The monoisotopic (exact) mass is 354 g/mol. The van der Waals surface area contributed by atoms with Crippen LogP contribution in [0.2, 0.25) is 0 Å². The molecule has 1 fully saturated rings. The van der Waals surface area contributed by atoms with Gasteiger partial charge in [0, 0.05) is 18.8 Å². The molecular formula is C25H26N2. The number of benzene rings is 3. The fourth-order valence-electron chi connectivity index (χ4n) is 5.52. The summed E-state index contributed by atoms with van der Waals surface area (Å²) in [6, 6.07) is 29.6. The zero-order valence-electron chi connectivity index (χ0n) is 16.3. The summed E-state index contributed by atoms with van der Waals surface area (Å²) in [4.78, 5) is 5.06. The van der Waals surface area contributed by atoms with Gasteiger partial charge in [-0.2, -0.15) is 0 Å². The molecule has 0 unspecified atom stereocenters. The third-order valence-corrected chi connectivity index (χ3v) is 6.72. The Morgan fingerprint density at radius 2 is 1.48 bits per heavy atom. The van der Waals surface area contributed by atoms with E-state index in [1.54, 1.807) is 0 Å². The zero-order chi connectivity index (χ0) is 18.6. The summed E-state index contributed by atoms with van der Waals surface area (Å²) >= 11 is 0. The van der Waals surface area contributed by atoms with Gasteiger partial charge in [0.2, 0.25) is 0 Å². The molecule has 2 heterocycles. The molecule has 1 saturated heterocycles. The second-order valence-electron chi connectivity index (χ2n) is 8.14. The summed E-state index contributed by atoms with van der Waals surface area (Å²) < 4.78 is 0. The van der Waals surface area contributed by atoms with Crippen molar-refractivity contribution in [2.24, 2.45) is 0 Å². The lowest BCUT2D eigenvalue weighted by molar-refractivity contribution is 0.229. The second kappa shape index (κ2) is 5.97. The van der Waals surface area contributed by atoms with Gasteiger partial charge in [0.1, 0.15) is 0 Å². The van der Waals surface area contributed by atoms with E-state index in [2.05, 4.69) is 110 Å². The number of likely N-dealkylation sites (tertiary alicyclic amines) is 1. The average Bonchev–Trinajstić information content (AvgIpc) is 3.15. The van der Waals surface area contributed by atoms with Gasteiger partial charge in [0.25, 0.3) is 0 Å². The summed E-state index contributed by atoms with van der Waals surface area (Å²) in [5, 5.41) is 0. The summed E-state index contributed by atoms with van der Waals surface area (Å²) in [6.45, 7) is 2.17. The van der Waals surface area contributed by atoms with Crippen molar-refractivity contribution in [2.45, 2.75) is 31.0 Å². The number of nitrogens with zero attached hydrogens (tertiary/aromatic N) is 2. The van der Waals surface area contributed by atoms with E-state index in [-0.39, 0.29) is 5.41 Å². The van der Waals surface area contributed by atoms with Gasteiger partial charge < -0.3 is 4.90 Å². The van der Waals surface area contributed by atoms with Gasteiger partial charge in [0.15, 0.2) is 0 Å². The van der Waals surface area contributed by atoms with Crippen LogP contribution in [0.1, 0.15) is 34.7 Å². The molecule has 2 aliphatic heterocycles. The number of fused-ring (bicyclic) bond motifs is 3. The Bertz CT molecular complexity index is 963. The van der Waals surface area contributed by atoms with Crippen molar-refractivity contribution in [3.05, 3.63) is 101 Å². The van der Waals surface area contributed by atoms with Crippen molar-refractivity contribution < 1.29 is 0 Å². The minimum Gasteiger partial charge on any atom is -0.357 e. The minimum absolute atomic E-state index is 0.00565. The molecule has 0 amide bonds. The summed E-state index contributed by atoms with van der Waals surface area (Å²) in [5.74, 6) is 0. The normalized spacial score (nSPS) is 26.9. The van der Waals surface area contributed by atoms with Crippen molar-refractivity contribution in [3.63, 3.8) is 0 Å². The second-order valence-corrected chi connectivity index (χ2v) is 8.14. The maximum Gasteiger partial charge on any atom is 0.0961 e. The number of hydrogen-bond acceptors (Lipinski definition) is 2. The standard InChI is InChI=1S/C25H26N2/c1-18-13-15-20(16-14-18)25-17-23(19-9-5-4-6-10-19)27(3)24(25)26(2)22-12-8-7-11-21(22)25/h4-16,23-24H,17H2,1-3H3/t23-,24-,25-/m0/s1. The predicted octanol–water partition coefficient (Wildman–Crippen LogP) is 5.13. The summed E-state index contributed by atoms with van der Waals surface area (Å²) in [7, 11) is 4.55. The van der Waals surface area contributed by atoms with Crippen molar-refractivity contribution in [1.29, 1.82) is 0 Å². The fourth-order valence-corrected chi connectivity index (χ4v) is 5.52. The fraction of sp³-hybridized carbons (Fsp3) is 0.280. The van der Waals surface area contributed by atoms with E-state index in [0.29, 0.717) is 12.2 Å². The molecule has 27 heavy (non-hydrogen) atoms. The highest BCUT2D eigenvalue weighted by atomic mass is 15.4. The zero-order valence-corrected chi connectivity index (χ0v) is 16.3. The van der Waals surface area contributed by atoms with E-state index in [4.69, 9.17) is 0 Å². The van der Waals surface area contributed by atoms with E-state index in [1.807, 2.05) is 0 Å². The van der Waals surface area contributed by atoms with Crippen LogP contribution < -0.4 is 4.90 Å². The molecule has 0 radical (unpaired) electrons. The van der Waals surface area contributed by atoms with Crippen LogP contribution in [0.4, 0.5) is 5.69 Å². The van der Waals surface area contributed by atoms with Gasteiger partial charge in [-0.05, 0) is 43.1 Å². The number of rotatable bonds is 2. The lowest BCUT2D eigenvalue weighted by Crippen LogP contribution is -2.47. The highest BCUT2D eigenvalue weighted by molar-refractivity contribution is 5.68. The van der Waals surface area contributed by atoms with Crippen LogP contribution in [0.3, 0.4) is 0 Å². The van der Waals surface area contributed by atoms with E-state index in [9.17, 15) is 0 Å². The van der Waals surface area contributed by atoms with Crippen LogP contribution in [-0.2, 0) is 5.41 Å². The molecule has 0 N–H and O–H groups in total. The maximum atomic E-state index is 2.58. The first-order valence-corrected chi connectivity index (χ1v) is 9.79. The Morgan fingerprint density at radius 3 is 2.22 bits per heavy atom. The molecule has 5 rings (SSSR count). The third kappa shape index (κ3) is 2.23. The van der Waals surface area contributed by atoms with Gasteiger partial charge in [0.05, 0.1) is 11.6 Å². The molecule has 0 saturated carbocycles. The Labute approximate surface area is 162 Å². The van der Waals surface area contributed by atoms with Crippen LogP contribution in [-0.4, -0.2) is 25.2 Å². The lowest BCUT2D eigenvalue weighted by atomic mass is 9.72. The number of hydrogen-bond donors (Lipinski definition) is 0. The first-order valence-electron chi connectivity index (χ1n) is 9.79. The molecular weight excluding hydrogens is 328 g/mol. The van der Waals surface area contributed by atoms with Crippen molar-refractivity contribution in [3.8, 4) is 0 Å². The topological polar surface area (TPSA) is 6.48 Å². The van der Waals surface area contributed by atoms with E-state index in [1.165, 1.54) is 27.9 Å². The number of likely N-dealkylation sites (N-methyl/N-ethyl adjacent to an activating group) is 2. The first kappa shape index (κ1) is 16.6. The molecule has 0 bridgehead atoms. The van der Waals surface area contributed by atoms with Crippen molar-refractivity contribution in [2.75, 3.05) is 19.0 Å². The molecule has 0 aromatic heterocycles. The van der Waals surface area contributed by atoms with Gasteiger partial charge in [-0.25, -0.2) is 0 Å². The maximum absolute atomic E-state index is 2.58. The number of aryl methyl sites for hydroxylation is 1. The van der Waals surface area contributed by atoms with Crippen LogP contribution in [0.5, 0.6) is 0 Å². The predicted molar refractivity (Wildman–Crippen MR) is 112 cm³/mol. The molecule has 3 aromatic rings. The molecule has 136 valence electrons. The van der Waals surface area contributed by atoms with Crippen molar-refractivity contribution in [1.82, 2.24) is 4.90 Å². The summed E-state index contributed by atoms with van der Waals surface area (Å²) in [5.41, 5.74) is 6.98.